The van der Waals surface area contributed by atoms with E-state index in [1.807, 2.05) is 22.4 Å². The van der Waals surface area contributed by atoms with E-state index in [1.165, 1.54) is 22.7 Å². The number of imidazole rings is 1. The smallest absolute Gasteiger partial charge is 0.265 e. The van der Waals surface area contributed by atoms with E-state index in [2.05, 4.69) is 29.1 Å². The normalized spacial score (nSPS) is 22.9. The number of aryl methyl sites for hydroxylation is 1. The summed E-state index contributed by atoms with van der Waals surface area (Å²) in [5, 5.41) is 3.13. The van der Waals surface area contributed by atoms with Crippen LogP contribution >= 0.6 is 22.7 Å². The highest BCUT2D eigenvalue weighted by molar-refractivity contribution is 7.19. The molecule has 1 fully saturated rings. The van der Waals surface area contributed by atoms with Crippen molar-refractivity contribution in [2.24, 2.45) is 11.8 Å². The number of nitrogens with one attached hydrogen (secondary N) is 1. The maximum Gasteiger partial charge on any atom is 0.265 e. The molecule has 142 valence electrons. The van der Waals surface area contributed by atoms with Crippen LogP contribution in [0.4, 0.5) is 0 Å². The van der Waals surface area contributed by atoms with E-state index in [4.69, 9.17) is 0 Å². The number of thiazole rings is 2. The molecule has 3 aromatic rings. The second kappa shape index (κ2) is 7.05. The predicted molar refractivity (Wildman–Crippen MR) is 105 cm³/mol. The Hall–Kier alpha value is -2.26. The van der Waals surface area contributed by atoms with E-state index in [0.29, 0.717) is 18.0 Å². The lowest BCUT2D eigenvalue weighted by atomic mass is 9.85. The Morgan fingerprint density at radius 1 is 1.26 bits per heavy atom. The number of carbonyl (C=O) groups is 2. The first kappa shape index (κ1) is 18.1. The molecule has 4 rings (SSSR count). The second-order valence-electron chi connectivity index (χ2n) is 7.13. The minimum Gasteiger partial charge on any atom is -0.348 e. The summed E-state index contributed by atoms with van der Waals surface area (Å²) in [7, 11) is 0. The van der Waals surface area contributed by atoms with E-state index in [1.54, 1.807) is 17.9 Å². The Kier molecular flexibility index (Phi) is 4.73. The molecule has 1 aliphatic rings. The fraction of sp³-hybridized carbons (Fsp3) is 0.444. The van der Waals surface area contributed by atoms with Gasteiger partial charge in [-0.1, -0.05) is 25.2 Å². The molecule has 1 aliphatic heterocycles. The highest BCUT2D eigenvalue weighted by Crippen LogP contribution is 2.28. The van der Waals surface area contributed by atoms with Crippen LogP contribution in [0.3, 0.4) is 0 Å². The maximum atomic E-state index is 13.1. The molecule has 1 saturated heterocycles. The van der Waals surface area contributed by atoms with Crippen LogP contribution in [0.25, 0.3) is 4.96 Å². The van der Waals surface area contributed by atoms with Crippen molar-refractivity contribution < 1.29 is 9.59 Å². The topological polar surface area (TPSA) is 79.6 Å². The quantitative estimate of drug-likeness (QED) is 0.729. The first-order chi connectivity index (χ1) is 13.0. The molecule has 0 saturated carbocycles. The van der Waals surface area contributed by atoms with Crippen molar-refractivity contribution in [3.05, 3.63) is 39.5 Å². The Morgan fingerprint density at radius 3 is 2.63 bits per heavy atom. The van der Waals surface area contributed by atoms with Crippen LogP contribution in [-0.2, 0) is 0 Å². The van der Waals surface area contributed by atoms with Crippen molar-refractivity contribution >= 4 is 39.4 Å². The van der Waals surface area contributed by atoms with E-state index >= 15 is 0 Å². The lowest BCUT2D eigenvalue weighted by Gasteiger charge is -2.41. The molecule has 0 aliphatic carbocycles. The number of hydrogen-bond acceptors (Lipinski definition) is 6. The van der Waals surface area contributed by atoms with Gasteiger partial charge >= 0.3 is 0 Å². The van der Waals surface area contributed by atoms with Gasteiger partial charge in [0.05, 0.1) is 11.7 Å². The molecule has 27 heavy (non-hydrogen) atoms. The second-order valence-corrected chi connectivity index (χ2v) is 8.99. The Balaban J connectivity index is 1.48. The SMILES string of the molecule is Cc1c(C(=O)N2CC(C)C(NC(=O)c3cncs3)C(C)C2)sc2nccn12. The number of fused-ring (bicyclic) bond motifs is 1. The number of piperidine rings is 1. The van der Waals surface area contributed by atoms with Gasteiger partial charge in [0.25, 0.3) is 11.8 Å². The molecule has 3 aromatic heterocycles. The average molecular weight is 404 g/mol. The van der Waals surface area contributed by atoms with Crippen LogP contribution in [0.1, 0.15) is 38.9 Å². The van der Waals surface area contributed by atoms with Crippen molar-refractivity contribution in [3.63, 3.8) is 0 Å². The van der Waals surface area contributed by atoms with Gasteiger partial charge < -0.3 is 10.2 Å². The van der Waals surface area contributed by atoms with Crippen LogP contribution in [0.2, 0.25) is 0 Å². The van der Waals surface area contributed by atoms with Crippen LogP contribution in [0, 0.1) is 18.8 Å². The number of hydrogen-bond donors (Lipinski definition) is 1. The number of amides is 2. The van der Waals surface area contributed by atoms with Crippen LogP contribution in [-0.4, -0.2) is 50.2 Å². The zero-order valence-electron chi connectivity index (χ0n) is 15.4. The average Bonchev–Trinajstić information content (AvgIpc) is 3.36. The molecule has 0 aromatic carbocycles. The van der Waals surface area contributed by atoms with E-state index in [0.717, 1.165) is 15.5 Å². The van der Waals surface area contributed by atoms with Crippen molar-refractivity contribution in [1.82, 2.24) is 24.6 Å². The van der Waals surface area contributed by atoms with E-state index in [-0.39, 0.29) is 29.7 Å². The van der Waals surface area contributed by atoms with Gasteiger partial charge in [0.1, 0.15) is 9.75 Å². The number of aromatic nitrogens is 3. The fourth-order valence-electron chi connectivity index (χ4n) is 3.80. The lowest BCUT2D eigenvalue weighted by Crippen LogP contribution is -2.56. The third-order valence-electron chi connectivity index (χ3n) is 5.17. The summed E-state index contributed by atoms with van der Waals surface area (Å²) in [5.74, 6) is 0.295. The number of likely N-dealkylation sites (tertiary alicyclic amines) is 1. The summed E-state index contributed by atoms with van der Waals surface area (Å²) >= 11 is 2.76. The molecule has 4 heterocycles. The molecule has 2 atom stereocenters. The van der Waals surface area contributed by atoms with Gasteiger partial charge in [0.15, 0.2) is 4.96 Å². The minimum atomic E-state index is -0.0868. The monoisotopic (exact) mass is 403 g/mol. The van der Waals surface area contributed by atoms with Gasteiger partial charge in [-0.3, -0.25) is 19.0 Å². The summed E-state index contributed by atoms with van der Waals surface area (Å²) < 4.78 is 1.95. The van der Waals surface area contributed by atoms with Gasteiger partial charge in [0, 0.05) is 37.2 Å². The van der Waals surface area contributed by atoms with Gasteiger partial charge in [-0.2, -0.15) is 0 Å². The standard InChI is InChI=1S/C18H21N5O2S2/c1-10-7-22(17(25)15-12(3)23-5-4-20-18(23)27-15)8-11(2)14(10)21-16(24)13-6-19-9-26-13/h4-6,9-11,14H,7-8H2,1-3H3,(H,21,24). The van der Waals surface area contributed by atoms with Crippen molar-refractivity contribution in [2.75, 3.05) is 13.1 Å². The first-order valence-electron chi connectivity index (χ1n) is 8.86. The van der Waals surface area contributed by atoms with Crippen molar-refractivity contribution in [2.45, 2.75) is 26.8 Å². The third-order valence-corrected chi connectivity index (χ3v) is 7.10. The number of rotatable bonds is 3. The van der Waals surface area contributed by atoms with Gasteiger partial charge in [-0.05, 0) is 18.8 Å². The highest BCUT2D eigenvalue weighted by atomic mass is 32.1. The lowest BCUT2D eigenvalue weighted by molar-refractivity contribution is 0.0536. The Morgan fingerprint density at radius 2 is 2.00 bits per heavy atom. The zero-order valence-corrected chi connectivity index (χ0v) is 17.0. The van der Waals surface area contributed by atoms with E-state index in [9.17, 15) is 9.59 Å². The van der Waals surface area contributed by atoms with Crippen molar-refractivity contribution in [3.8, 4) is 0 Å². The maximum absolute atomic E-state index is 13.1. The summed E-state index contributed by atoms with van der Waals surface area (Å²) in [5.41, 5.74) is 2.59. The number of nitrogens with zero attached hydrogens (tertiary/aromatic N) is 4. The first-order valence-corrected chi connectivity index (χ1v) is 10.6. The minimum absolute atomic E-state index is 0.0328. The van der Waals surface area contributed by atoms with Crippen LogP contribution in [0.15, 0.2) is 24.1 Å². The van der Waals surface area contributed by atoms with Crippen LogP contribution < -0.4 is 5.32 Å². The summed E-state index contributed by atoms with van der Waals surface area (Å²) in [6, 6.07) is 0.0328. The molecular formula is C18H21N5O2S2. The van der Waals surface area contributed by atoms with E-state index < -0.39 is 0 Å². The largest absolute Gasteiger partial charge is 0.348 e. The predicted octanol–water partition coefficient (Wildman–Crippen LogP) is 2.69. The van der Waals surface area contributed by atoms with Gasteiger partial charge in [0.2, 0.25) is 0 Å². The Labute approximate surface area is 165 Å². The number of carbonyl (C=O) groups excluding carboxylic acids is 2. The molecule has 0 bridgehead atoms. The van der Waals surface area contributed by atoms with Crippen molar-refractivity contribution in [1.29, 1.82) is 0 Å². The molecule has 9 heteroatoms. The third kappa shape index (κ3) is 3.25. The Bertz CT molecular complexity index is 965. The summed E-state index contributed by atoms with van der Waals surface area (Å²) in [6.45, 7) is 7.36. The molecule has 2 amide bonds. The molecule has 0 radical (unpaired) electrons. The molecule has 1 N–H and O–H groups in total. The molecular weight excluding hydrogens is 382 g/mol. The molecule has 7 nitrogen and oxygen atoms in total. The zero-order chi connectivity index (χ0) is 19.1. The molecule has 0 spiro atoms. The fourth-order valence-corrected chi connectivity index (χ4v) is 5.37. The summed E-state index contributed by atoms with van der Waals surface area (Å²) in [4.78, 5) is 37.8. The van der Waals surface area contributed by atoms with Crippen LogP contribution in [0.5, 0.6) is 0 Å². The molecule has 2 unspecified atom stereocenters. The van der Waals surface area contributed by atoms with Gasteiger partial charge in [-0.15, -0.1) is 11.3 Å². The van der Waals surface area contributed by atoms with Gasteiger partial charge in [-0.25, -0.2) is 4.98 Å². The summed E-state index contributed by atoms with van der Waals surface area (Å²) in [6.07, 6.45) is 5.21. The highest BCUT2D eigenvalue weighted by Gasteiger charge is 2.36.